The predicted octanol–water partition coefficient (Wildman–Crippen LogP) is 2.13. The number of benzene rings is 1. The number of amides is 2. The summed E-state index contributed by atoms with van der Waals surface area (Å²) in [6, 6.07) is 7.55. The summed E-state index contributed by atoms with van der Waals surface area (Å²) in [6.45, 7) is 6.86. The number of nitrogens with one attached hydrogen (secondary N) is 1. The number of rotatable bonds is 3. The molecule has 1 N–H and O–H groups in total. The maximum absolute atomic E-state index is 13.3. The topological polar surface area (TPSA) is 79.0 Å². The average molecular weight is 387 g/mol. The second-order valence-electron chi connectivity index (χ2n) is 8.36. The van der Waals surface area contributed by atoms with E-state index in [4.69, 9.17) is 4.74 Å². The average Bonchev–Trinajstić information content (AvgIpc) is 2.80. The summed E-state index contributed by atoms with van der Waals surface area (Å²) >= 11 is 0. The van der Waals surface area contributed by atoms with Gasteiger partial charge in [0, 0.05) is 18.7 Å². The minimum absolute atomic E-state index is 0.239. The van der Waals surface area contributed by atoms with Crippen LogP contribution in [0.25, 0.3) is 0 Å². The molecular weight excluding hydrogens is 358 g/mol. The highest BCUT2D eigenvalue weighted by Gasteiger charge is 2.43. The van der Waals surface area contributed by atoms with Crippen LogP contribution in [0.5, 0.6) is 0 Å². The highest BCUT2D eigenvalue weighted by Crippen LogP contribution is 2.26. The van der Waals surface area contributed by atoms with Crippen molar-refractivity contribution in [1.82, 2.24) is 15.3 Å². The molecule has 0 aliphatic carbocycles. The molecule has 0 aromatic heterocycles. The molecule has 2 atom stereocenters. The molecule has 28 heavy (non-hydrogen) atoms. The Hall–Kier alpha value is -2.41. The fourth-order valence-electron chi connectivity index (χ4n) is 3.72. The predicted molar refractivity (Wildman–Crippen MR) is 104 cm³/mol. The molecule has 7 heteroatoms. The van der Waals surface area contributed by atoms with Crippen molar-refractivity contribution in [3.63, 3.8) is 0 Å². The number of esters is 1. The van der Waals surface area contributed by atoms with Gasteiger partial charge in [-0.1, -0.05) is 18.2 Å². The van der Waals surface area contributed by atoms with Crippen molar-refractivity contribution in [3.8, 4) is 0 Å². The smallest absolute Gasteiger partial charge is 0.331 e. The Morgan fingerprint density at radius 1 is 1.07 bits per heavy atom. The quantitative estimate of drug-likeness (QED) is 0.804. The van der Waals surface area contributed by atoms with Crippen molar-refractivity contribution in [2.45, 2.75) is 64.1 Å². The number of carbonyl (C=O) groups is 3. The number of hydrogen-bond acceptors (Lipinski definition) is 5. The second kappa shape index (κ2) is 8.31. The molecule has 2 aliphatic heterocycles. The molecule has 1 aromatic rings. The van der Waals surface area contributed by atoms with E-state index in [-0.39, 0.29) is 17.8 Å². The standard InChI is InChI=1S/C21H29N3O4/c1-21(2,3)28-20(27)17-12-8-14-23-13-7-11-16(19(26)24(17)23)22-18(25)15-9-5-4-6-10-15/h4-6,9-10,16-17H,7-8,11-14H2,1-3H3,(H,22,25). The van der Waals surface area contributed by atoms with Crippen LogP contribution in [0.15, 0.2) is 30.3 Å². The number of hydrazine groups is 1. The van der Waals surface area contributed by atoms with Crippen molar-refractivity contribution >= 4 is 17.8 Å². The van der Waals surface area contributed by atoms with Gasteiger partial charge in [-0.3, -0.25) is 14.6 Å². The maximum atomic E-state index is 13.3. The van der Waals surface area contributed by atoms with E-state index in [0.717, 1.165) is 19.4 Å². The van der Waals surface area contributed by atoms with Crippen LogP contribution < -0.4 is 5.32 Å². The summed E-state index contributed by atoms with van der Waals surface area (Å²) in [6.07, 6.45) is 2.71. The lowest BCUT2D eigenvalue weighted by Gasteiger charge is -2.43. The van der Waals surface area contributed by atoms with Crippen LogP contribution >= 0.6 is 0 Å². The zero-order valence-electron chi connectivity index (χ0n) is 16.8. The van der Waals surface area contributed by atoms with Crippen molar-refractivity contribution in [1.29, 1.82) is 0 Å². The first kappa shape index (κ1) is 20.3. The lowest BCUT2D eigenvalue weighted by atomic mass is 10.1. The van der Waals surface area contributed by atoms with Crippen molar-refractivity contribution in [2.24, 2.45) is 0 Å². The van der Waals surface area contributed by atoms with Gasteiger partial charge in [0.2, 0.25) is 0 Å². The van der Waals surface area contributed by atoms with Gasteiger partial charge in [0.15, 0.2) is 0 Å². The van der Waals surface area contributed by atoms with E-state index in [1.807, 2.05) is 31.8 Å². The second-order valence-corrected chi connectivity index (χ2v) is 8.36. The van der Waals surface area contributed by atoms with Crippen LogP contribution in [0.2, 0.25) is 0 Å². The van der Waals surface area contributed by atoms with E-state index in [0.29, 0.717) is 24.9 Å². The van der Waals surface area contributed by atoms with E-state index in [9.17, 15) is 14.4 Å². The van der Waals surface area contributed by atoms with Gasteiger partial charge in [0.25, 0.3) is 11.8 Å². The normalized spacial score (nSPS) is 23.5. The van der Waals surface area contributed by atoms with Gasteiger partial charge in [-0.05, 0) is 58.6 Å². The highest BCUT2D eigenvalue weighted by atomic mass is 16.6. The molecule has 2 heterocycles. The Labute approximate surface area is 166 Å². The van der Waals surface area contributed by atoms with E-state index >= 15 is 0 Å². The Kier molecular flexibility index (Phi) is 6.03. The van der Waals surface area contributed by atoms with Crippen LogP contribution in [0.4, 0.5) is 0 Å². The van der Waals surface area contributed by atoms with Crippen LogP contribution in [-0.4, -0.2) is 58.6 Å². The Bertz CT molecular complexity index is 729. The fourth-order valence-corrected chi connectivity index (χ4v) is 3.72. The molecule has 0 bridgehead atoms. The molecule has 2 saturated heterocycles. The number of fused-ring (bicyclic) bond motifs is 1. The molecule has 2 aliphatic rings. The molecular formula is C21H29N3O4. The van der Waals surface area contributed by atoms with Crippen molar-refractivity contribution < 1.29 is 19.1 Å². The molecule has 2 unspecified atom stereocenters. The first-order valence-corrected chi connectivity index (χ1v) is 9.93. The largest absolute Gasteiger partial charge is 0.458 e. The number of ether oxygens (including phenoxy) is 1. The summed E-state index contributed by atoms with van der Waals surface area (Å²) in [5.74, 6) is -0.906. The van der Waals surface area contributed by atoms with Gasteiger partial charge in [-0.15, -0.1) is 0 Å². The molecule has 0 radical (unpaired) electrons. The van der Waals surface area contributed by atoms with E-state index in [1.54, 1.807) is 29.3 Å². The van der Waals surface area contributed by atoms with E-state index < -0.39 is 17.7 Å². The summed E-state index contributed by atoms with van der Waals surface area (Å²) < 4.78 is 5.55. The van der Waals surface area contributed by atoms with Gasteiger partial charge in [-0.25, -0.2) is 9.80 Å². The van der Waals surface area contributed by atoms with Gasteiger partial charge in [0.05, 0.1) is 0 Å². The van der Waals surface area contributed by atoms with Gasteiger partial charge < -0.3 is 10.1 Å². The highest BCUT2D eigenvalue weighted by molar-refractivity contribution is 5.98. The van der Waals surface area contributed by atoms with Crippen LogP contribution in [0.1, 0.15) is 56.8 Å². The molecule has 152 valence electrons. The Balaban J connectivity index is 1.78. The zero-order chi connectivity index (χ0) is 20.3. The van der Waals surface area contributed by atoms with E-state index in [1.165, 1.54) is 0 Å². The summed E-state index contributed by atoms with van der Waals surface area (Å²) in [5.41, 5.74) is -0.103. The number of hydrogen-bond donors (Lipinski definition) is 1. The van der Waals surface area contributed by atoms with E-state index in [2.05, 4.69) is 5.32 Å². The lowest BCUT2D eigenvalue weighted by molar-refractivity contribution is -0.184. The van der Waals surface area contributed by atoms with Crippen molar-refractivity contribution in [2.75, 3.05) is 13.1 Å². The number of nitrogens with zero attached hydrogens (tertiary/aromatic N) is 2. The summed E-state index contributed by atoms with van der Waals surface area (Å²) in [4.78, 5) is 38.6. The van der Waals surface area contributed by atoms with Crippen molar-refractivity contribution in [3.05, 3.63) is 35.9 Å². The molecule has 1 aromatic carbocycles. The zero-order valence-corrected chi connectivity index (χ0v) is 16.8. The molecule has 7 nitrogen and oxygen atoms in total. The molecule has 2 fully saturated rings. The summed E-state index contributed by atoms with van der Waals surface area (Å²) in [5, 5.41) is 6.34. The third kappa shape index (κ3) is 4.70. The van der Waals surface area contributed by atoms with Crippen LogP contribution in [-0.2, 0) is 14.3 Å². The summed E-state index contributed by atoms with van der Waals surface area (Å²) in [7, 11) is 0. The van der Waals surface area contributed by atoms with Crippen LogP contribution in [0.3, 0.4) is 0 Å². The monoisotopic (exact) mass is 387 g/mol. The first-order valence-electron chi connectivity index (χ1n) is 9.93. The van der Waals surface area contributed by atoms with Gasteiger partial charge in [-0.2, -0.15) is 0 Å². The molecule has 0 saturated carbocycles. The third-order valence-corrected chi connectivity index (χ3v) is 4.95. The third-order valence-electron chi connectivity index (χ3n) is 4.95. The lowest BCUT2D eigenvalue weighted by Crippen LogP contribution is -2.61. The fraction of sp³-hybridized carbons (Fsp3) is 0.571. The Morgan fingerprint density at radius 2 is 1.71 bits per heavy atom. The minimum atomic E-state index is -0.652. The molecule has 0 spiro atoms. The van der Waals surface area contributed by atoms with Gasteiger partial charge in [0.1, 0.15) is 17.7 Å². The minimum Gasteiger partial charge on any atom is -0.458 e. The molecule has 2 amide bonds. The van der Waals surface area contributed by atoms with Gasteiger partial charge >= 0.3 is 5.97 Å². The van der Waals surface area contributed by atoms with Crippen LogP contribution in [0, 0.1) is 0 Å². The maximum Gasteiger partial charge on any atom is 0.331 e. The molecule has 3 rings (SSSR count). The SMILES string of the molecule is CC(C)(C)OC(=O)C1CCCN2CCCC(NC(=O)c3ccccc3)C(=O)N12. The first-order chi connectivity index (χ1) is 13.3. The number of carbonyl (C=O) groups excluding carboxylic acids is 3. The Morgan fingerprint density at radius 3 is 2.36 bits per heavy atom.